The van der Waals surface area contributed by atoms with Crippen LogP contribution in [0.3, 0.4) is 0 Å². The maximum atomic E-state index is 13.7. The van der Waals surface area contributed by atoms with Gasteiger partial charge in [0.2, 0.25) is 10.0 Å². The van der Waals surface area contributed by atoms with Crippen LogP contribution in [0.2, 0.25) is 0 Å². The van der Waals surface area contributed by atoms with Crippen molar-refractivity contribution in [1.82, 2.24) is 10.0 Å². The molecule has 7 heteroatoms. The van der Waals surface area contributed by atoms with Gasteiger partial charge in [-0.05, 0) is 30.5 Å². The number of halogens is 1. The zero-order chi connectivity index (χ0) is 15.2. The van der Waals surface area contributed by atoms with Gasteiger partial charge in [0.25, 0.3) is 0 Å². The second-order valence-corrected chi connectivity index (χ2v) is 7.45. The van der Waals surface area contributed by atoms with Crippen molar-refractivity contribution in [3.63, 3.8) is 0 Å². The van der Waals surface area contributed by atoms with Gasteiger partial charge in [0.15, 0.2) is 0 Å². The van der Waals surface area contributed by atoms with Crippen LogP contribution in [0.15, 0.2) is 23.1 Å². The summed E-state index contributed by atoms with van der Waals surface area (Å²) in [5.41, 5.74) is 0.742. The molecular formula is C13H21FN2O2S2. The molecule has 2 N–H and O–H groups in total. The molecule has 1 aromatic rings. The van der Waals surface area contributed by atoms with Crippen molar-refractivity contribution in [1.29, 1.82) is 0 Å². The molecule has 1 aromatic carbocycles. The van der Waals surface area contributed by atoms with E-state index < -0.39 is 15.8 Å². The van der Waals surface area contributed by atoms with Gasteiger partial charge < -0.3 is 5.32 Å². The summed E-state index contributed by atoms with van der Waals surface area (Å²) in [5, 5.41) is 3.22. The number of rotatable bonds is 8. The molecule has 1 rings (SSSR count). The predicted molar refractivity (Wildman–Crippen MR) is 81.9 cm³/mol. The predicted octanol–water partition coefficient (Wildman–Crippen LogP) is 1.96. The molecule has 114 valence electrons. The maximum Gasteiger partial charge on any atom is 0.243 e. The third-order valence-corrected chi connectivity index (χ3v) is 5.24. The van der Waals surface area contributed by atoms with Crippen LogP contribution in [-0.2, 0) is 16.6 Å². The van der Waals surface area contributed by atoms with Gasteiger partial charge in [-0.3, -0.25) is 0 Å². The molecule has 1 unspecified atom stereocenters. The van der Waals surface area contributed by atoms with Gasteiger partial charge in [-0.25, -0.2) is 17.5 Å². The highest BCUT2D eigenvalue weighted by atomic mass is 32.2. The lowest BCUT2D eigenvalue weighted by Crippen LogP contribution is -2.30. The number of hydrogen-bond donors (Lipinski definition) is 2. The van der Waals surface area contributed by atoms with Crippen LogP contribution in [0.5, 0.6) is 0 Å². The SMILES string of the molecule is CCNCc1ccc(F)c(S(=O)(=O)NCC(C)SC)c1. The van der Waals surface area contributed by atoms with Crippen molar-refractivity contribution in [2.45, 2.75) is 30.5 Å². The molecular weight excluding hydrogens is 299 g/mol. The van der Waals surface area contributed by atoms with Crippen LogP contribution in [-0.4, -0.2) is 33.0 Å². The molecule has 4 nitrogen and oxygen atoms in total. The van der Waals surface area contributed by atoms with E-state index in [9.17, 15) is 12.8 Å². The van der Waals surface area contributed by atoms with Gasteiger partial charge in [0.05, 0.1) is 0 Å². The Hall–Kier alpha value is -0.630. The largest absolute Gasteiger partial charge is 0.313 e. The highest BCUT2D eigenvalue weighted by Gasteiger charge is 2.20. The van der Waals surface area contributed by atoms with Crippen LogP contribution in [0.1, 0.15) is 19.4 Å². The standard InChI is InChI=1S/C13H21FN2O2S2/c1-4-15-9-11-5-6-12(14)13(7-11)20(17,18)16-8-10(2)19-3/h5-7,10,15-16H,4,8-9H2,1-3H3. The van der Waals surface area contributed by atoms with Gasteiger partial charge in [-0.2, -0.15) is 11.8 Å². The van der Waals surface area contributed by atoms with Gasteiger partial charge in [-0.1, -0.05) is 19.9 Å². The number of hydrogen-bond acceptors (Lipinski definition) is 4. The van der Waals surface area contributed by atoms with Gasteiger partial charge in [0.1, 0.15) is 10.7 Å². The maximum absolute atomic E-state index is 13.7. The molecule has 1 atom stereocenters. The topological polar surface area (TPSA) is 58.2 Å². The summed E-state index contributed by atoms with van der Waals surface area (Å²) < 4.78 is 40.4. The Morgan fingerprint density at radius 3 is 2.70 bits per heavy atom. The van der Waals surface area contributed by atoms with Crippen molar-refractivity contribution in [3.8, 4) is 0 Å². The van der Waals surface area contributed by atoms with E-state index in [0.717, 1.165) is 12.1 Å². The smallest absolute Gasteiger partial charge is 0.243 e. The minimum absolute atomic E-state index is 0.137. The normalized spacial score (nSPS) is 13.4. The third kappa shape index (κ3) is 5.05. The Kier molecular flexibility index (Phi) is 6.94. The molecule has 0 heterocycles. The zero-order valence-corrected chi connectivity index (χ0v) is 13.6. The molecule has 0 bridgehead atoms. The van der Waals surface area contributed by atoms with Crippen LogP contribution < -0.4 is 10.0 Å². The summed E-state index contributed by atoms with van der Waals surface area (Å²) in [7, 11) is -3.81. The molecule has 0 aliphatic carbocycles. The summed E-state index contributed by atoms with van der Waals surface area (Å²) in [6.07, 6.45) is 1.90. The fourth-order valence-electron chi connectivity index (χ4n) is 1.52. The Bertz CT molecular complexity index is 535. The van der Waals surface area contributed by atoms with E-state index in [1.165, 1.54) is 12.1 Å². The number of sulfonamides is 1. The summed E-state index contributed by atoms with van der Waals surface area (Å²) in [4.78, 5) is -0.291. The second kappa shape index (κ2) is 7.97. The molecule has 0 aliphatic heterocycles. The Morgan fingerprint density at radius 1 is 1.40 bits per heavy atom. The second-order valence-electron chi connectivity index (χ2n) is 4.44. The quantitative estimate of drug-likeness (QED) is 0.769. The van der Waals surface area contributed by atoms with E-state index >= 15 is 0 Å². The van der Waals surface area contributed by atoms with E-state index in [2.05, 4.69) is 10.0 Å². The first-order valence-corrected chi connectivity index (χ1v) is 9.19. The first-order chi connectivity index (χ1) is 9.40. The monoisotopic (exact) mass is 320 g/mol. The molecule has 0 aromatic heterocycles. The fraction of sp³-hybridized carbons (Fsp3) is 0.538. The molecule has 0 saturated carbocycles. The van der Waals surface area contributed by atoms with Crippen LogP contribution in [0.4, 0.5) is 4.39 Å². The molecule has 0 radical (unpaired) electrons. The van der Waals surface area contributed by atoms with Crippen LogP contribution in [0.25, 0.3) is 0 Å². The lowest BCUT2D eigenvalue weighted by Gasteiger charge is -2.12. The van der Waals surface area contributed by atoms with Crippen molar-refractivity contribution >= 4 is 21.8 Å². The first kappa shape index (κ1) is 17.4. The van der Waals surface area contributed by atoms with E-state index in [4.69, 9.17) is 0 Å². The van der Waals surface area contributed by atoms with Crippen molar-refractivity contribution in [2.75, 3.05) is 19.3 Å². The molecule has 0 spiro atoms. The highest BCUT2D eigenvalue weighted by Crippen LogP contribution is 2.17. The Balaban J connectivity index is 2.92. The average molecular weight is 320 g/mol. The highest BCUT2D eigenvalue weighted by molar-refractivity contribution is 7.99. The van der Waals surface area contributed by atoms with E-state index in [1.807, 2.05) is 20.1 Å². The zero-order valence-electron chi connectivity index (χ0n) is 11.9. The lowest BCUT2D eigenvalue weighted by molar-refractivity contribution is 0.555. The fourth-order valence-corrected chi connectivity index (χ4v) is 3.13. The lowest BCUT2D eigenvalue weighted by atomic mass is 10.2. The Morgan fingerprint density at radius 2 is 2.10 bits per heavy atom. The Labute approximate surface area is 124 Å². The summed E-state index contributed by atoms with van der Waals surface area (Å²) >= 11 is 1.55. The number of thioether (sulfide) groups is 1. The van der Waals surface area contributed by atoms with Gasteiger partial charge in [-0.15, -0.1) is 0 Å². The molecule has 0 aliphatic rings. The summed E-state index contributed by atoms with van der Waals surface area (Å²) in [5.74, 6) is -0.727. The van der Waals surface area contributed by atoms with E-state index in [1.54, 1.807) is 17.8 Å². The molecule has 0 amide bonds. The molecule has 0 fully saturated rings. The van der Waals surface area contributed by atoms with Gasteiger partial charge >= 0.3 is 0 Å². The third-order valence-electron chi connectivity index (χ3n) is 2.83. The first-order valence-electron chi connectivity index (χ1n) is 6.42. The van der Waals surface area contributed by atoms with E-state index in [0.29, 0.717) is 6.54 Å². The van der Waals surface area contributed by atoms with Gasteiger partial charge in [0, 0.05) is 18.3 Å². The van der Waals surface area contributed by atoms with Crippen molar-refractivity contribution in [3.05, 3.63) is 29.6 Å². The van der Waals surface area contributed by atoms with E-state index in [-0.39, 0.29) is 16.7 Å². The summed E-state index contributed by atoms with van der Waals surface area (Å²) in [6, 6.07) is 4.16. The summed E-state index contributed by atoms with van der Waals surface area (Å²) in [6.45, 7) is 5.42. The van der Waals surface area contributed by atoms with Crippen LogP contribution in [0, 0.1) is 5.82 Å². The molecule has 20 heavy (non-hydrogen) atoms. The minimum Gasteiger partial charge on any atom is -0.313 e. The average Bonchev–Trinajstić information content (AvgIpc) is 2.43. The molecule has 0 saturated heterocycles. The number of benzene rings is 1. The number of nitrogens with one attached hydrogen (secondary N) is 2. The van der Waals surface area contributed by atoms with Crippen molar-refractivity contribution in [2.24, 2.45) is 0 Å². The van der Waals surface area contributed by atoms with Crippen molar-refractivity contribution < 1.29 is 12.8 Å². The minimum atomic E-state index is -3.81. The van der Waals surface area contributed by atoms with Crippen LogP contribution >= 0.6 is 11.8 Å².